The first-order valence-corrected chi connectivity index (χ1v) is 7.48. The minimum atomic E-state index is 0.561. The van der Waals surface area contributed by atoms with E-state index in [0.29, 0.717) is 6.04 Å². The third-order valence-corrected chi connectivity index (χ3v) is 3.92. The Morgan fingerprint density at radius 1 is 1.22 bits per heavy atom. The van der Waals surface area contributed by atoms with Crippen LogP contribution in [0.1, 0.15) is 30.0 Å². The third-order valence-electron chi connectivity index (χ3n) is 3.18. The van der Waals surface area contributed by atoms with Crippen molar-refractivity contribution in [3.63, 3.8) is 0 Å². The van der Waals surface area contributed by atoms with Crippen molar-refractivity contribution in [2.45, 2.75) is 39.3 Å². The normalized spacial score (nSPS) is 12.6. The van der Waals surface area contributed by atoms with Gasteiger partial charge in [0.05, 0.1) is 0 Å². The molecule has 1 aromatic heterocycles. The molecule has 18 heavy (non-hydrogen) atoms. The van der Waals surface area contributed by atoms with E-state index in [1.807, 2.05) is 0 Å². The molecule has 0 aliphatic heterocycles. The predicted molar refractivity (Wildman–Crippen MR) is 80.1 cm³/mol. The smallest absolute Gasteiger partial charge is 0.0216 e. The summed E-state index contributed by atoms with van der Waals surface area (Å²) in [6.45, 7) is 5.41. The molecule has 0 radical (unpaired) electrons. The Kier molecular flexibility index (Phi) is 4.97. The standard InChI is InChI=1S/C16H21NS/c1-13-4-3-5-15(10-13)7-6-14(2)17-11-16-8-9-18-12-16/h3-5,8-10,12,14,17H,6-7,11H2,1-2H3. The van der Waals surface area contributed by atoms with Crippen LogP contribution in [-0.4, -0.2) is 6.04 Å². The summed E-state index contributed by atoms with van der Waals surface area (Å²) in [5.41, 5.74) is 4.19. The maximum atomic E-state index is 3.58. The summed E-state index contributed by atoms with van der Waals surface area (Å²) in [4.78, 5) is 0. The number of nitrogens with one attached hydrogen (secondary N) is 1. The molecule has 1 heterocycles. The third kappa shape index (κ3) is 4.28. The number of hydrogen-bond acceptors (Lipinski definition) is 2. The maximum Gasteiger partial charge on any atom is 0.0216 e. The summed E-state index contributed by atoms with van der Waals surface area (Å²) in [5, 5.41) is 7.92. The van der Waals surface area contributed by atoms with Crippen LogP contribution in [0.2, 0.25) is 0 Å². The zero-order chi connectivity index (χ0) is 12.8. The molecule has 0 saturated heterocycles. The predicted octanol–water partition coefficient (Wildman–Crippen LogP) is 4.17. The Morgan fingerprint density at radius 3 is 2.83 bits per heavy atom. The minimum absolute atomic E-state index is 0.561. The highest BCUT2D eigenvalue weighted by atomic mass is 32.1. The van der Waals surface area contributed by atoms with Crippen LogP contribution in [0.25, 0.3) is 0 Å². The van der Waals surface area contributed by atoms with E-state index in [4.69, 9.17) is 0 Å². The van der Waals surface area contributed by atoms with E-state index < -0.39 is 0 Å². The van der Waals surface area contributed by atoms with E-state index in [9.17, 15) is 0 Å². The number of benzene rings is 1. The molecule has 0 amide bonds. The van der Waals surface area contributed by atoms with Gasteiger partial charge >= 0.3 is 0 Å². The van der Waals surface area contributed by atoms with Crippen molar-refractivity contribution in [1.82, 2.24) is 5.32 Å². The summed E-state index contributed by atoms with van der Waals surface area (Å²) in [6.07, 6.45) is 2.34. The van der Waals surface area contributed by atoms with E-state index in [0.717, 1.165) is 13.0 Å². The van der Waals surface area contributed by atoms with Crippen molar-refractivity contribution in [1.29, 1.82) is 0 Å². The van der Waals surface area contributed by atoms with E-state index >= 15 is 0 Å². The van der Waals surface area contributed by atoms with Gasteiger partial charge in [-0.05, 0) is 54.6 Å². The van der Waals surface area contributed by atoms with E-state index in [1.54, 1.807) is 11.3 Å². The van der Waals surface area contributed by atoms with Gasteiger partial charge in [-0.25, -0.2) is 0 Å². The van der Waals surface area contributed by atoms with Crippen LogP contribution in [0, 0.1) is 6.92 Å². The number of thiophene rings is 1. The van der Waals surface area contributed by atoms with Crippen LogP contribution in [0.4, 0.5) is 0 Å². The maximum absolute atomic E-state index is 3.58. The van der Waals surface area contributed by atoms with Crippen LogP contribution in [-0.2, 0) is 13.0 Å². The molecule has 2 rings (SSSR count). The van der Waals surface area contributed by atoms with E-state index in [2.05, 4.69) is 60.3 Å². The molecule has 0 fully saturated rings. The highest BCUT2D eigenvalue weighted by Gasteiger charge is 2.02. The van der Waals surface area contributed by atoms with Gasteiger partial charge in [0.15, 0.2) is 0 Å². The zero-order valence-electron chi connectivity index (χ0n) is 11.1. The van der Waals surface area contributed by atoms with Crippen molar-refractivity contribution in [2.75, 3.05) is 0 Å². The Labute approximate surface area is 114 Å². The number of hydrogen-bond donors (Lipinski definition) is 1. The Hall–Kier alpha value is -1.12. The highest BCUT2D eigenvalue weighted by Crippen LogP contribution is 2.09. The number of rotatable bonds is 6. The monoisotopic (exact) mass is 259 g/mol. The summed E-state index contributed by atoms with van der Waals surface area (Å²) < 4.78 is 0. The van der Waals surface area contributed by atoms with Crippen molar-refractivity contribution in [2.24, 2.45) is 0 Å². The van der Waals surface area contributed by atoms with Gasteiger partial charge in [0, 0.05) is 12.6 Å². The molecular weight excluding hydrogens is 238 g/mol. The van der Waals surface area contributed by atoms with E-state index in [-0.39, 0.29) is 0 Å². The minimum Gasteiger partial charge on any atom is -0.310 e. The van der Waals surface area contributed by atoms with Gasteiger partial charge in [0.2, 0.25) is 0 Å². The van der Waals surface area contributed by atoms with Gasteiger partial charge in [-0.3, -0.25) is 0 Å². The summed E-state index contributed by atoms with van der Waals surface area (Å²) >= 11 is 1.76. The van der Waals surface area contributed by atoms with Crippen molar-refractivity contribution in [3.8, 4) is 0 Å². The summed E-state index contributed by atoms with van der Waals surface area (Å²) in [5.74, 6) is 0. The van der Waals surface area contributed by atoms with Crippen LogP contribution in [0.3, 0.4) is 0 Å². The Bertz CT molecular complexity index is 462. The molecule has 0 aliphatic carbocycles. The highest BCUT2D eigenvalue weighted by molar-refractivity contribution is 7.07. The van der Waals surface area contributed by atoms with Gasteiger partial charge in [0.25, 0.3) is 0 Å². The fourth-order valence-electron chi connectivity index (χ4n) is 2.04. The van der Waals surface area contributed by atoms with Crippen LogP contribution >= 0.6 is 11.3 Å². The second-order valence-electron chi connectivity index (χ2n) is 4.94. The Morgan fingerprint density at radius 2 is 2.11 bits per heavy atom. The molecule has 1 aromatic carbocycles. The zero-order valence-corrected chi connectivity index (χ0v) is 12.0. The second kappa shape index (κ2) is 6.72. The van der Waals surface area contributed by atoms with Crippen molar-refractivity contribution in [3.05, 3.63) is 57.8 Å². The second-order valence-corrected chi connectivity index (χ2v) is 5.72. The van der Waals surface area contributed by atoms with Gasteiger partial charge in [-0.2, -0.15) is 11.3 Å². The van der Waals surface area contributed by atoms with Gasteiger partial charge in [-0.15, -0.1) is 0 Å². The molecule has 1 atom stereocenters. The SMILES string of the molecule is Cc1cccc(CCC(C)NCc2ccsc2)c1. The van der Waals surface area contributed by atoms with Gasteiger partial charge in [-0.1, -0.05) is 29.8 Å². The molecule has 96 valence electrons. The molecule has 2 heteroatoms. The lowest BCUT2D eigenvalue weighted by molar-refractivity contribution is 0.514. The molecule has 1 N–H and O–H groups in total. The largest absolute Gasteiger partial charge is 0.310 e. The Balaban J connectivity index is 1.73. The topological polar surface area (TPSA) is 12.0 Å². The van der Waals surface area contributed by atoms with Crippen molar-refractivity contribution < 1.29 is 0 Å². The molecule has 2 aromatic rings. The molecule has 1 nitrogen and oxygen atoms in total. The lowest BCUT2D eigenvalue weighted by Crippen LogP contribution is -2.25. The van der Waals surface area contributed by atoms with E-state index in [1.165, 1.54) is 23.1 Å². The molecule has 0 aliphatic rings. The van der Waals surface area contributed by atoms with Crippen LogP contribution in [0.15, 0.2) is 41.1 Å². The summed E-state index contributed by atoms with van der Waals surface area (Å²) in [7, 11) is 0. The number of aryl methyl sites for hydroxylation is 2. The summed E-state index contributed by atoms with van der Waals surface area (Å²) in [6, 6.07) is 11.6. The van der Waals surface area contributed by atoms with Crippen LogP contribution < -0.4 is 5.32 Å². The molecular formula is C16H21NS. The lowest BCUT2D eigenvalue weighted by Gasteiger charge is -2.13. The molecule has 1 unspecified atom stereocenters. The first-order valence-electron chi connectivity index (χ1n) is 6.54. The van der Waals surface area contributed by atoms with Crippen LogP contribution in [0.5, 0.6) is 0 Å². The van der Waals surface area contributed by atoms with Gasteiger partial charge < -0.3 is 5.32 Å². The molecule has 0 saturated carbocycles. The average molecular weight is 259 g/mol. The first kappa shape index (κ1) is 13.3. The van der Waals surface area contributed by atoms with Gasteiger partial charge in [0.1, 0.15) is 0 Å². The lowest BCUT2D eigenvalue weighted by atomic mass is 10.0. The quantitative estimate of drug-likeness (QED) is 0.821. The molecule has 0 bridgehead atoms. The fraction of sp³-hybridized carbons (Fsp3) is 0.375. The fourth-order valence-corrected chi connectivity index (χ4v) is 2.71. The first-order chi connectivity index (χ1) is 8.74. The average Bonchev–Trinajstić information content (AvgIpc) is 2.87. The van der Waals surface area contributed by atoms with Crippen molar-refractivity contribution >= 4 is 11.3 Å². The molecule has 0 spiro atoms.